The van der Waals surface area contributed by atoms with E-state index < -0.39 is 0 Å². The van der Waals surface area contributed by atoms with Gasteiger partial charge in [-0.05, 0) is 40.5 Å². The van der Waals surface area contributed by atoms with E-state index in [0.29, 0.717) is 18.1 Å². The van der Waals surface area contributed by atoms with Gasteiger partial charge in [-0.3, -0.25) is 4.79 Å². The number of hydrogen-bond acceptors (Lipinski definition) is 2. The third-order valence-electron chi connectivity index (χ3n) is 1.96. The van der Waals surface area contributed by atoms with Crippen LogP contribution in [0.1, 0.15) is 12.8 Å². The molecule has 0 unspecified atom stereocenters. The first-order valence-corrected chi connectivity index (χ1v) is 6.04. The van der Waals surface area contributed by atoms with Crippen LogP contribution in [0, 0.1) is 0 Å². The Balaban J connectivity index is 2.46. The van der Waals surface area contributed by atoms with Crippen LogP contribution in [0.25, 0.3) is 0 Å². The van der Waals surface area contributed by atoms with E-state index in [4.69, 9.17) is 16.3 Å². The van der Waals surface area contributed by atoms with E-state index in [1.54, 1.807) is 25.3 Å². The highest BCUT2D eigenvalue weighted by Crippen LogP contribution is 2.25. The second-order valence-corrected chi connectivity index (χ2v) is 4.53. The molecule has 1 aromatic carbocycles. The van der Waals surface area contributed by atoms with E-state index in [1.807, 2.05) is 0 Å². The zero-order valence-electron chi connectivity index (χ0n) is 8.93. The van der Waals surface area contributed by atoms with Crippen molar-refractivity contribution in [2.24, 2.45) is 0 Å². The molecular formula is C11H13BrClNO2. The van der Waals surface area contributed by atoms with Crippen molar-refractivity contribution >= 4 is 39.1 Å². The van der Waals surface area contributed by atoms with Gasteiger partial charge in [0.05, 0.1) is 5.02 Å². The first-order chi connectivity index (χ1) is 7.63. The van der Waals surface area contributed by atoms with Crippen LogP contribution in [-0.2, 0) is 9.53 Å². The van der Waals surface area contributed by atoms with Crippen LogP contribution in [0.5, 0.6) is 0 Å². The van der Waals surface area contributed by atoms with Crippen molar-refractivity contribution in [3.63, 3.8) is 0 Å². The number of halogens is 2. The fourth-order valence-corrected chi connectivity index (χ4v) is 1.67. The van der Waals surface area contributed by atoms with Gasteiger partial charge in [0, 0.05) is 30.3 Å². The molecule has 0 saturated heterocycles. The maximum atomic E-state index is 11.5. The van der Waals surface area contributed by atoms with E-state index in [9.17, 15) is 4.79 Å². The Morgan fingerprint density at radius 1 is 1.56 bits per heavy atom. The second-order valence-electron chi connectivity index (χ2n) is 3.27. The molecule has 1 N–H and O–H groups in total. The number of ether oxygens (including phenoxy) is 1. The van der Waals surface area contributed by atoms with Gasteiger partial charge in [-0.15, -0.1) is 0 Å². The number of hydrogen-bond donors (Lipinski definition) is 1. The van der Waals surface area contributed by atoms with Gasteiger partial charge in [-0.2, -0.15) is 0 Å². The van der Waals surface area contributed by atoms with E-state index in [1.165, 1.54) is 0 Å². The van der Waals surface area contributed by atoms with E-state index in [-0.39, 0.29) is 5.91 Å². The quantitative estimate of drug-likeness (QED) is 0.846. The predicted molar refractivity (Wildman–Crippen MR) is 68.9 cm³/mol. The minimum Gasteiger partial charge on any atom is -0.385 e. The van der Waals surface area contributed by atoms with Crippen LogP contribution in [0.2, 0.25) is 5.02 Å². The zero-order chi connectivity index (χ0) is 12.0. The third kappa shape index (κ3) is 4.51. The lowest BCUT2D eigenvalue weighted by atomic mass is 10.2. The van der Waals surface area contributed by atoms with Crippen molar-refractivity contribution in [2.75, 3.05) is 19.0 Å². The molecule has 0 radical (unpaired) electrons. The summed E-state index contributed by atoms with van der Waals surface area (Å²) in [7, 11) is 1.62. The molecule has 16 heavy (non-hydrogen) atoms. The van der Waals surface area contributed by atoms with Crippen molar-refractivity contribution in [1.82, 2.24) is 0 Å². The van der Waals surface area contributed by atoms with Crippen LogP contribution in [-0.4, -0.2) is 19.6 Å². The van der Waals surface area contributed by atoms with Gasteiger partial charge in [0.1, 0.15) is 0 Å². The fraction of sp³-hybridized carbons (Fsp3) is 0.364. The predicted octanol–water partition coefficient (Wildman–Crippen LogP) is 3.47. The van der Waals surface area contributed by atoms with E-state index in [2.05, 4.69) is 21.2 Å². The van der Waals surface area contributed by atoms with Crippen LogP contribution < -0.4 is 5.32 Å². The van der Waals surface area contributed by atoms with Gasteiger partial charge in [0.25, 0.3) is 0 Å². The number of rotatable bonds is 5. The molecule has 0 fully saturated rings. The van der Waals surface area contributed by atoms with Crippen LogP contribution in [0.3, 0.4) is 0 Å². The van der Waals surface area contributed by atoms with Gasteiger partial charge in [-0.25, -0.2) is 0 Å². The average Bonchev–Trinajstić information content (AvgIpc) is 2.24. The summed E-state index contributed by atoms with van der Waals surface area (Å²) in [6, 6.07) is 5.27. The normalized spacial score (nSPS) is 10.2. The first kappa shape index (κ1) is 13.5. The summed E-state index contributed by atoms with van der Waals surface area (Å²) in [6.45, 7) is 0.595. The van der Waals surface area contributed by atoms with Gasteiger partial charge < -0.3 is 10.1 Å². The molecule has 0 aromatic heterocycles. The molecule has 0 aliphatic heterocycles. The Kier molecular flexibility index (Phi) is 5.80. The topological polar surface area (TPSA) is 38.3 Å². The summed E-state index contributed by atoms with van der Waals surface area (Å²) in [5.41, 5.74) is 0.735. The lowest BCUT2D eigenvalue weighted by Gasteiger charge is -2.06. The number of amides is 1. The zero-order valence-corrected chi connectivity index (χ0v) is 11.3. The van der Waals surface area contributed by atoms with E-state index in [0.717, 1.165) is 16.6 Å². The molecule has 88 valence electrons. The molecule has 0 heterocycles. The fourth-order valence-electron chi connectivity index (χ4n) is 1.17. The highest BCUT2D eigenvalue weighted by molar-refractivity contribution is 9.10. The molecule has 0 aliphatic carbocycles. The minimum absolute atomic E-state index is 0.0220. The number of carbonyl (C=O) groups excluding carboxylic acids is 1. The minimum atomic E-state index is -0.0220. The molecule has 5 heteroatoms. The summed E-state index contributed by atoms with van der Waals surface area (Å²) in [6.07, 6.45) is 1.17. The van der Waals surface area contributed by atoms with Crippen molar-refractivity contribution in [1.29, 1.82) is 0 Å². The Morgan fingerprint density at radius 3 is 2.94 bits per heavy atom. The molecule has 3 nitrogen and oxygen atoms in total. The lowest BCUT2D eigenvalue weighted by molar-refractivity contribution is -0.116. The molecule has 0 atom stereocenters. The monoisotopic (exact) mass is 305 g/mol. The SMILES string of the molecule is COCCCC(=O)Nc1ccc(Cl)c(Br)c1. The number of nitrogens with one attached hydrogen (secondary N) is 1. The smallest absolute Gasteiger partial charge is 0.224 e. The van der Waals surface area contributed by atoms with Gasteiger partial charge in [0.15, 0.2) is 0 Å². The third-order valence-corrected chi connectivity index (χ3v) is 3.17. The van der Waals surface area contributed by atoms with Gasteiger partial charge in [0.2, 0.25) is 5.91 Å². The maximum absolute atomic E-state index is 11.5. The van der Waals surface area contributed by atoms with Gasteiger partial charge in [-0.1, -0.05) is 11.6 Å². The second kappa shape index (κ2) is 6.89. The Morgan fingerprint density at radius 2 is 2.31 bits per heavy atom. The first-order valence-electron chi connectivity index (χ1n) is 4.87. The van der Waals surface area contributed by atoms with Crippen LogP contribution in [0.4, 0.5) is 5.69 Å². The summed E-state index contributed by atoms with van der Waals surface area (Å²) < 4.78 is 5.64. The number of carbonyl (C=O) groups is 1. The van der Waals surface area contributed by atoms with Crippen LogP contribution in [0.15, 0.2) is 22.7 Å². The molecule has 0 bridgehead atoms. The van der Waals surface area contributed by atoms with Crippen molar-refractivity contribution in [2.45, 2.75) is 12.8 Å². The molecule has 1 aromatic rings. The van der Waals surface area contributed by atoms with Gasteiger partial charge >= 0.3 is 0 Å². The Hall–Kier alpha value is -0.580. The van der Waals surface area contributed by atoms with Crippen LogP contribution >= 0.6 is 27.5 Å². The molecule has 1 amide bonds. The highest BCUT2D eigenvalue weighted by atomic mass is 79.9. The largest absolute Gasteiger partial charge is 0.385 e. The summed E-state index contributed by atoms with van der Waals surface area (Å²) in [4.78, 5) is 11.5. The Bertz CT molecular complexity index is 371. The van der Waals surface area contributed by atoms with Crippen molar-refractivity contribution < 1.29 is 9.53 Å². The number of anilines is 1. The maximum Gasteiger partial charge on any atom is 0.224 e. The number of benzene rings is 1. The van der Waals surface area contributed by atoms with Crippen molar-refractivity contribution in [3.05, 3.63) is 27.7 Å². The van der Waals surface area contributed by atoms with Crippen molar-refractivity contribution in [3.8, 4) is 0 Å². The summed E-state index contributed by atoms with van der Waals surface area (Å²) in [5, 5.41) is 3.41. The summed E-state index contributed by atoms with van der Waals surface area (Å²) >= 11 is 9.14. The highest BCUT2D eigenvalue weighted by Gasteiger charge is 2.03. The molecule has 1 rings (SSSR count). The Labute approximate surface area is 108 Å². The van der Waals surface area contributed by atoms with E-state index >= 15 is 0 Å². The summed E-state index contributed by atoms with van der Waals surface area (Å²) in [5.74, 6) is -0.0220. The standard InChI is InChI=1S/C11H13BrClNO2/c1-16-6-2-3-11(15)14-8-4-5-10(13)9(12)7-8/h4-5,7H,2-3,6H2,1H3,(H,14,15). The lowest BCUT2D eigenvalue weighted by Crippen LogP contribution is -2.11. The average molecular weight is 307 g/mol. The molecular weight excluding hydrogens is 293 g/mol. The molecule has 0 spiro atoms. The molecule has 0 saturated carbocycles. The number of methoxy groups -OCH3 is 1. The molecule has 0 aliphatic rings.